The van der Waals surface area contributed by atoms with Crippen molar-refractivity contribution in [3.05, 3.63) is 24.4 Å². The fourth-order valence-corrected chi connectivity index (χ4v) is 3.44. The van der Waals surface area contributed by atoms with Gasteiger partial charge in [0.05, 0.1) is 6.61 Å². The van der Waals surface area contributed by atoms with Gasteiger partial charge in [-0.05, 0) is 12.5 Å². The smallest absolute Gasteiger partial charge is 0.329 e. The number of rotatable bonds is 18. The van der Waals surface area contributed by atoms with Gasteiger partial charge in [0.15, 0.2) is 12.7 Å². The molecule has 0 saturated heterocycles. The van der Waals surface area contributed by atoms with E-state index in [0.29, 0.717) is 0 Å². The molecular weight excluding hydrogens is 318 g/mol. The SMILES string of the molecule is CCCCCCCCCCCCCCCCCCOC=[N+]1C=CC=CC1. The second-order valence-electron chi connectivity index (χ2n) is 7.75. The highest BCUT2D eigenvalue weighted by Gasteiger charge is 1.99. The van der Waals surface area contributed by atoms with Gasteiger partial charge in [0, 0.05) is 6.08 Å². The van der Waals surface area contributed by atoms with Gasteiger partial charge in [0.2, 0.25) is 0 Å². The Kier molecular flexibility index (Phi) is 16.6. The van der Waals surface area contributed by atoms with Crippen LogP contribution in [0.2, 0.25) is 0 Å². The largest absolute Gasteiger partial charge is 0.450 e. The molecule has 0 aromatic carbocycles. The van der Waals surface area contributed by atoms with Crippen molar-refractivity contribution in [2.24, 2.45) is 0 Å². The quantitative estimate of drug-likeness (QED) is 0.141. The summed E-state index contributed by atoms with van der Waals surface area (Å²) in [5.74, 6) is 0. The maximum absolute atomic E-state index is 5.61. The summed E-state index contributed by atoms with van der Waals surface area (Å²) in [7, 11) is 0. The summed E-state index contributed by atoms with van der Waals surface area (Å²) in [6.45, 7) is 4.07. The van der Waals surface area contributed by atoms with Crippen molar-refractivity contribution in [3.8, 4) is 0 Å². The highest BCUT2D eigenvalue weighted by Crippen LogP contribution is 2.13. The van der Waals surface area contributed by atoms with Crippen molar-refractivity contribution in [2.45, 2.75) is 110 Å². The first-order chi connectivity index (χ1) is 12.9. The van der Waals surface area contributed by atoms with Gasteiger partial charge < -0.3 is 4.74 Å². The predicted molar refractivity (Wildman–Crippen MR) is 115 cm³/mol. The van der Waals surface area contributed by atoms with Gasteiger partial charge in [-0.25, -0.2) is 0 Å². The summed E-state index contributed by atoms with van der Waals surface area (Å²) in [6, 6.07) is 0. The zero-order valence-corrected chi connectivity index (χ0v) is 17.5. The Morgan fingerprint density at radius 1 is 0.692 bits per heavy atom. The van der Waals surface area contributed by atoms with E-state index in [1.54, 1.807) is 0 Å². The molecule has 1 aliphatic rings. The molecule has 0 aliphatic carbocycles. The van der Waals surface area contributed by atoms with Crippen LogP contribution in [0.5, 0.6) is 0 Å². The summed E-state index contributed by atoms with van der Waals surface area (Å²) in [4.78, 5) is 0. The summed E-state index contributed by atoms with van der Waals surface area (Å²) in [5.41, 5.74) is 0. The van der Waals surface area contributed by atoms with Gasteiger partial charge in [-0.15, -0.1) is 0 Å². The molecule has 0 aromatic rings. The first kappa shape index (κ1) is 23.0. The molecule has 2 heteroatoms. The van der Waals surface area contributed by atoms with Crippen LogP contribution in [0.15, 0.2) is 24.4 Å². The van der Waals surface area contributed by atoms with Crippen LogP contribution in [0, 0.1) is 0 Å². The standard InChI is InChI=1S/C24H44NO/c1-2-3-4-5-6-7-8-9-10-11-12-13-14-15-16-20-23-26-24-25-21-18-17-19-22-25/h17-19,21,24H,2-16,20,22-23H2,1H3/q+1. The fraction of sp³-hybridized carbons (Fsp3) is 0.792. The molecule has 0 radical (unpaired) electrons. The fourth-order valence-electron chi connectivity index (χ4n) is 3.44. The van der Waals surface area contributed by atoms with Crippen molar-refractivity contribution >= 4 is 6.40 Å². The van der Waals surface area contributed by atoms with Crippen molar-refractivity contribution in [1.82, 2.24) is 0 Å². The van der Waals surface area contributed by atoms with Gasteiger partial charge in [0.1, 0.15) is 0 Å². The number of nitrogens with zero attached hydrogens (tertiary/aromatic N) is 1. The molecule has 0 bridgehead atoms. The highest BCUT2D eigenvalue weighted by molar-refractivity contribution is 5.40. The number of hydrogen-bond acceptors (Lipinski definition) is 1. The predicted octanol–water partition coefficient (Wildman–Crippen LogP) is 7.39. The van der Waals surface area contributed by atoms with E-state index >= 15 is 0 Å². The van der Waals surface area contributed by atoms with Crippen molar-refractivity contribution < 1.29 is 9.31 Å². The minimum absolute atomic E-state index is 0.854. The number of ether oxygens (including phenoxy) is 1. The van der Waals surface area contributed by atoms with Crippen LogP contribution in [-0.2, 0) is 4.74 Å². The molecule has 0 amide bonds. The van der Waals surface area contributed by atoms with Gasteiger partial charge in [-0.2, -0.15) is 4.58 Å². The lowest BCUT2D eigenvalue weighted by molar-refractivity contribution is -0.450. The van der Waals surface area contributed by atoms with E-state index in [-0.39, 0.29) is 0 Å². The van der Waals surface area contributed by atoms with E-state index < -0.39 is 0 Å². The molecule has 150 valence electrons. The van der Waals surface area contributed by atoms with Gasteiger partial charge in [0.25, 0.3) is 0 Å². The zero-order chi connectivity index (χ0) is 18.5. The second-order valence-corrected chi connectivity index (χ2v) is 7.75. The molecule has 0 unspecified atom stereocenters. The van der Waals surface area contributed by atoms with E-state index in [2.05, 4.69) is 23.7 Å². The number of unbranched alkanes of at least 4 members (excludes halogenated alkanes) is 15. The molecule has 0 atom stereocenters. The lowest BCUT2D eigenvalue weighted by Crippen LogP contribution is -2.10. The van der Waals surface area contributed by atoms with E-state index in [1.807, 2.05) is 18.7 Å². The van der Waals surface area contributed by atoms with Crippen LogP contribution in [0.4, 0.5) is 0 Å². The first-order valence-corrected chi connectivity index (χ1v) is 11.5. The Bertz CT molecular complexity index is 384. The molecule has 26 heavy (non-hydrogen) atoms. The molecule has 0 fully saturated rings. The van der Waals surface area contributed by atoms with E-state index in [0.717, 1.165) is 13.2 Å². The Morgan fingerprint density at radius 2 is 1.19 bits per heavy atom. The van der Waals surface area contributed by atoms with Crippen LogP contribution < -0.4 is 0 Å². The molecule has 1 aliphatic heterocycles. The normalized spacial score (nSPS) is 15.0. The number of hydrogen-bond donors (Lipinski definition) is 0. The Balaban J connectivity index is 1.69. The molecular formula is C24H44NO+. The summed E-state index contributed by atoms with van der Waals surface area (Å²) in [6.07, 6.45) is 32.7. The van der Waals surface area contributed by atoms with Crippen molar-refractivity contribution in [3.63, 3.8) is 0 Å². The van der Waals surface area contributed by atoms with Crippen LogP contribution in [-0.4, -0.2) is 24.1 Å². The van der Waals surface area contributed by atoms with Crippen LogP contribution in [0.25, 0.3) is 0 Å². The van der Waals surface area contributed by atoms with Gasteiger partial charge in [-0.3, -0.25) is 0 Å². The third-order valence-electron chi connectivity index (χ3n) is 5.17. The molecule has 0 N–H and O–H groups in total. The van der Waals surface area contributed by atoms with E-state index in [4.69, 9.17) is 4.74 Å². The molecule has 1 rings (SSSR count). The molecule has 2 nitrogen and oxygen atoms in total. The van der Waals surface area contributed by atoms with Crippen molar-refractivity contribution in [1.29, 1.82) is 0 Å². The Morgan fingerprint density at radius 3 is 1.65 bits per heavy atom. The van der Waals surface area contributed by atoms with Crippen LogP contribution in [0.3, 0.4) is 0 Å². The van der Waals surface area contributed by atoms with Crippen LogP contribution >= 0.6 is 0 Å². The Labute approximate surface area is 163 Å². The number of allylic oxidation sites excluding steroid dienone is 2. The highest BCUT2D eigenvalue weighted by atomic mass is 16.5. The second kappa shape index (κ2) is 18.7. The minimum atomic E-state index is 0.854. The first-order valence-electron chi connectivity index (χ1n) is 11.5. The van der Waals surface area contributed by atoms with E-state index in [9.17, 15) is 0 Å². The lowest BCUT2D eigenvalue weighted by atomic mass is 10.0. The monoisotopic (exact) mass is 362 g/mol. The Hall–Kier alpha value is -1.05. The molecule has 1 heterocycles. The summed E-state index contributed by atoms with van der Waals surface area (Å²) >= 11 is 0. The van der Waals surface area contributed by atoms with Crippen LogP contribution in [0.1, 0.15) is 110 Å². The molecule has 0 spiro atoms. The zero-order valence-electron chi connectivity index (χ0n) is 17.5. The summed E-state index contributed by atoms with van der Waals surface area (Å²) in [5, 5.41) is 0. The third kappa shape index (κ3) is 15.2. The third-order valence-corrected chi connectivity index (χ3v) is 5.17. The van der Waals surface area contributed by atoms with Gasteiger partial charge >= 0.3 is 6.40 Å². The molecule has 0 aromatic heterocycles. The average molecular weight is 363 g/mol. The molecule has 0 saturated carbocycles. The lowest BCUT2D eigenvalue weighted by Gasteiger charge is -2.03. The van der Waals surface area contributed by atoms with Crippen molar-refractivity contribution in [2.75, 3.05) is 13.2 Å². The summed E-state index contributed by atoms with van der Waals surface area (Å²) < 4.78 is 7.68. The van der Waals surface area contributed by atoms with Gasteiger partial charge in [-0.1, -0.05) is 109 Å². The topological polar surface area (TPSA) is 12.2 Å². The maximum Gasteiger partial charge on any atom is 0.329 e. The average Bonchev–Trinajstić information content (AvgIpc) is 2.68. The maximum atomic E-state index is 5.61. The minimum Gasteiger partial charge on any atom is -0.450 e. The van der Waals surface area contributed by atoms with E-state index in [1.165, 1.54) is 103 Å².